The zero-order chi connectivity index (χ0) is 28.3. The van der Waals surface area contributed by atoms with Gasteiger partial charge in [-0.25, -0.2) is 13.8 Å². The number of aromatic nitrogens is 4. The molecule has 0 unspecified atom stereocenters. The zero-order valence-corrected chi connectivity index (χ0v) is 23.4. The molecule has 2 N–H and O–H groups in total. The highest BCUT2D eigenvalue weighted by Crippen LogP contribution is 2.30. The predicted molar refractivity (Wildman–Crippen MR) is 153 cm³/mol. The first-order valence-corrected chi connectivity index (χ1v) is 14.7. The van der Waals surface area contributed by atoms with Gasteiger partial charge in [0.05, 0.1) is 30.2 Å². The summed E-state index contributed by atoms with van der Waals surface area (Å²) in [7, 11) is 2.07. The van der Waals surface area contributed by atoms with E-state index in [2.05, 4.69) is 27.6 Å². The van der Waals surface area contributed by atoms with Gasteiger partial charge < -0.3 is 25.2 Å². The Kier molecular flexibility index (Phi) is 8.29. The Bertz CT molecular complexity index is 1350. The van der Waals surface area contributed by atoms with Crippen LogP contribution in [0, 0.1) is 5.92 Å². The molecule has 10 nitrogen and oxygen atoms in total. The number of amides is 1. The maximum atomic E-state index is 14.1. The van der Waals surface area contributed by atoms with Crippen molar-refractivity contribution in [2.24, 2.45) is 5.92 Å². The number of carbonyl (C=O) groups excluding carboxylic acids is 1. The van der Waals surface area contributed by atoms with Gasteiger partial charge in [0.2, 0.25) is 11.9 Å². The molecule has 41 heavy (non-hydrogen) atoms. The largest absolute Gasteiger partial charge is 0.378 e. The molecule has 3 fully saturated rings. The lowest BCUT2D eigenvalue weighted by molar-refractivity contribution is -0.127. The summed E-state index contributed by atoms with van der Waals surface area (Å²) < 4.78 is 35.2. The Morgan fingerprint density at radius 1 is 1.00 bits per heavy atom. The molecule has 4 heterocycles. The SMILES string of the molecule is CN1CCC[C@@H](C(=O)NC2CCC(Nc3cc(-n4c(C(F)F)nc5ccccc54)nc(N4CCOCC4)n3)CC2)C1. The number of anilines is 2. The van der Waals surface area contributed by atoms with Gasteiger partial charge in [-0.15, -0.1) is 0 Å². The van der Waals surface area contributed by atoms with Crippen molar-refractivity contribution < 1.29 is 18.3 Å². The number of nitrogens with one attached hydrogen (secondary N) is 2. The van der Waals surface area contributed by atoms with Gasteiger partial charge in [0.25, 0.3) is 6.43 Å². The molecule has 0 bridgehead atoms. The fraction of sp³-hybridized carbons (Fsp3) is 0.586. The second-order valence-electron chi connectivity index (χ2n) is 11.4. The zero-order valence-electron chi connectivity index (χ0n) is 23.4. The van der Waals surface area contributed by atoms with E-state index in [1.807, 2.05) is 11.0 Å². The number of imidazole rings is 1. The third-order valence-electron chi connectivity index (χ3n) is 8.43. The molecule has 1 saturated carbocycles. The first-order valence-electron chi connectivity index (χ1n) is 14.7. The van der Waals surface area contributed by atoms with Crippen LogP contribution in [0.3, 0.4) is 0 Å². The molecule has 2 aliphatic heterocycles. The number of benzene rings is 1. The molecule has 220 valence electrons. The molecule has 1 aliphatic carbocycles. The third-order valence-corrected chi connectivity index (χ3v) is 8.43. The number of hydrogen-bond donors (Lipinski definition) is 2. The van der Waals surface area contributed by atoms with Gasteiger partial charge >= 0.3 is 0 Å². The number of morpholine rings is 1. The molecule has 2 saturated heterocycles. The van der Waals surface area contributed by atoms with Gasteiger partial charge in [-0.05, 0) is 64.3 Å². The van der Waals surface area contributed by atoms with Crippen molar-refractivity contribution in [2.75, 3.05) is 56.7 Å². The summed E-state index contributed by atoms with van der Waals surface area (Å²) in [6, 6.07) is 9.15. The summed E-state index contributed by atoms with van der Waals surface area (Å²) in [5.41, 5.74) is 1.06. The minimum atomic E-state index is -2.76. The van der Waals surface area contributed by atoms with E-state index in [0.717, 1.165) is 51.6 Å². The van der Waals surface area contributed by atoms with E-state index in [4.69, 9.17) is 14.7 Å². The summed E-state index contributed by atoms with van der Waals surface area (Å²) in [6.07, 6.45) is 2.75. The van der Waals surface area contributed by atoms with E-state index in [1.165, 1.54) is 4.57 Å². The first kappa shape index (κ1) is 27.8. The summed E-state index contributed by atoms with van der Waals surface area (Å²) in [5, 5.41) is 6.84. The minimum absolute atomic E-state index is 0.0695. The van der Waals surface area contributed by atoms with Gasteiger partial charge in [0.1, 0.15) is 11.6 Å². The van der Waals surface area contributed by atoms with E-state index in [-0.39, 0.29) is 29.7 Å². The quantitative estimate of drug-likeness (QED) is 0.445. The minimum Gasteiger partial charge on any atom is -0.378 e. The van der Waals surface area contributed by atoms with Crippen LogP contribution in [0.2, 0.25) is 0 Å². The van der Waals surface area contributed by atoms with Gasteiger partial charge in [-0.3, -0.25) is 9.36 Å². The molecule has 0 spiro atoms. The molecule has 3 aromatic rings. The van der Waals surface area contributed by atoms with Crippen molar-refractivity contribution in [1.29, 1.82) is 0 Å². The normalized spacial score (nSPS) is 24.1. The van der Waals surface area contributed by atoms with Crippen LogP contribution in [0.1, 0.15) is 50.8 Å². The van der Waals surface area contributed by atoms with Crippen LogP contribution in [0.4, 0.5) is 20.5 Å². The van der Waals surface area contributed by atoms with Gasteiger partial charge in [0, 0.05) is 37.8 Å². The highest BCUT2D eigenvalue weighted by Gasteiger charge is 2.29. The maximum Gasteiger partial charge on any atom is 0.296 e. The third kappa shape index (κ3) is 6.28. The van der Waals surface area contributed by atoms with Gasteiger partial charge in [-0.2, -0.15) is 9.97 Å². The number of likely N-dealkylation sites (tertiary alicyclic amines) is 1. The fourth-order valence-corrected chi connectivity index (χ4v) is 6.24. The number of hydrogen-bond acceptors (Lipinski definition) is 8. The number of piperidine rings is 1. The average molecular weight is 569 g/mol. The molecule has 0 radical (unpaired) electrons. The average Bonchev–Trinajstić information content (AvgIpc) is 3.39. The molecule has 3 aliphatic rings. The Morgan fingerprint density at radius 2 is 1.76 bits per heavy atom. The van der Waals surface area contributed by atoms with Crippen LogP contribution in [-0.4, -0.2) is 88.9 Å². The van der Waals surface area contributed by atoms with Crippen molar-refractivity contribution in [3.63, 3.8) is 0 Å². The number of halogens is 2. The van der Waals surface area contributed by atoms with E-state index < -0.39 is 6.43 Å². The topological polar surface area (TPSA) is 100 Å². The lowest BCUT2D eigenvalue weighted by Crippen LogP contribution is -2.46. The molecular formula is C29H38F2N8O2. The second kappa shape index (κ2) is 12.2. The van der Waals surface area contributed by atoms with Crippen molar-refractivity contribution in [1.82, 2.24) is 29.7 Å². The maximum absolute atomic E-state index is 14.1. The lowest BCUT2D eigenvalue weighted by atomic mass is 9.90. The molecule has 1 atom stereocenters. The Hall–Kier alpha value is -3.38. The molecular weight excluding hydrogens is 530 g/mol. The van der Waals surface area contributed by atoms with Crippen molar-refractivity contribution in [3.8, 4) is 5.82 Å². The number of carbonyl (C=O) groups is 1. The molecule has 2 aromatic heterocycles. The summed E-state index contributed by atoms with van der Waals surface area (Å²) in [4.78, 5) is 30.8. The highest BCUT2D eigenvalue weighted by molar-refractivity contribution is 5.79. The fourth-order valence-electron chi connectivity index (χ4n) is 6.24. The van der Waals surface area contributed by atoms with E-state index in [0.29, 0.717) is 54.9 Å². The highest BCUT2D eigenvalue weighted by atomic mass is 19.3. The summed E-state index contributed by atoms with van der Waals surface area (Å²) in [6.45, 7) is 4.23. The summed E-state index contributed by atoms with van der Waals surface area (Å²) >= 11 is 0. The first-order chi connectivity index (χ1) is 19.9. The Labute approximate surface area is 238 Å². The van der Waals surface area contributed by atoms with Crippen LogP contribution in [-0.2, 0) is 9.53 Å². The van der Waals surface area contributed by atoms with Crippen LogP contribution in [0.15, 0.2) is 30.3 Å². The van der Waals surface area contributed by atoms with E-state index in [9.17, 15) is 13.6 Å². The Balaban J connectivity index is 1.20. The molecule has 12 heteroatoms. The molecule has 1 amide bonds. The number of para-hydroxylation sites is 2. The smallest absolute Gasteiger partial charge is 0.296 e. The van der Waals surface area contributed by atoms with Crippen LogP contribution >= 0.6 is 0 Å². The van der Waals surface area contributed by atoms with E-state index >= 15 is 0 Å². The van der Waals surface area contributed by atoms with Crippen molar-refractivity contribution >= 4 is 28.7 Å². The van der Waals surface area contributed by atoms with Crippen molar-refractivity contribution in [3.05, 3.63) is 36.2 Å². The van der Waals surface area contributed by atoms with Crippen molar-refractivity contribution in [2.45, 2.75) is 57.0 Å². The Morgan fingerprint density at radius 3 is 2.51 bits per heavy atom. The van der Waals surface area contributed by atoms with Gasteiger partial charge in [0.15, 0.2) is 5.82 Å². The number of rotatable bonds is 7. The molecule has 1 aromatic carbocycles. The van der Waals surface area contributed by atoms with Gasteiger partial charge in [-0.1, -0.05) is 12.1 Å². The number of fused-ring (bicyclic) bond motifs is 1. The van der Waals surface area contributed by atoms with Crippen LogP contribution in [0.25, 0.3) is 16.9 Å². The van der Waals surface area contributed by atoms with E-state index in [1.54, 1.807) is 24.3 Å². The lowest BCUT2D eigenvalue weighted by Gasteiger charge is -2.33. The number of nitrogens with zero attached hydrogens (tertiary/aromatic N) is 6. The summed E-state index contributed by atoms with van der Waals surface area (Å²) in [5.74, 6) is 1.32. The number of ether oxygens (including phenoxy) is 1. The van der Waals surface area contributed by atoms with Crippen LogP contribution < -0.4 is 15.5 Å². The standard InChI is InChI=1S/C29H38F2N8O2/c1-37-12-4-5-19(18-37)28(40)33-21-10-8-20(9-11-21)32-24-17-25(36-29(35-24)38-13-15-41-16-14-38)39-23-7-3-2-6-22(23)34-27(39)26(30)31/h2-3,6-7,17,19-21,26H,4-5,8-16,18H2,1H3,(H,33,40)(H,32,35,36)/t19-,20?,21?/m1/s1. The molecule has 6 rings (SSSR count). The number of alkyl halides is 2. The predicted octanol–water partition coefficient (Wildman–Crippen LogP) is 3.77. The van der Waals surface area contributed by atoms with Crippen LogP contribution in [0.5, 0.6) is 0 Å². The second-order valence-corrected chi connectivity index (χ2v) is 11.4. The monoisotopic (exact) mass is 568 g/mol.